The number of hydrogen-bond acceptors (Lipinski definition) is 4. The van der Waals surface area contributed by atoms with Gasteiger partial charge in [0.1, 0.15) is 5.75 Å². The van der Waals surface area contributed by atoms with Crippen LogP contribution in [0.25, 0.3) is 11.4 Å². The maximum atomic E-state index is 12.3. The largest absolute Gasteiger partial charge is 0.492 e. The molecule has 6 heteroatoms. The molecule has 132 valence electrons. The lowest BCUT2D eigenvalue weighted by Gasteiger charge is -2.36. The summed E-state index contributed by atoms with van der Waals surface area (Å²) in [7, 11) is 0. The van der Waals surface area contributed by atoms with Crippen molar-refractivity contribution in [2.24, 2.45) is 11.8 Å². The fraction of sp³-hybridized carbons (Fsp3) is 0.526. The minimum Gasteiger partial charge on any atom is -0.492 e. The first kappa shape index (κ1) is 16.1. The smallest absolute Gasteiger partial charge is 0.225 e. The van der Waals surface area contributed by atoms with E-state index in [1.54, 1.807) is 12.4 Å². The predicted molar refractivity (Wildman–Crippen MR) is 94.0 cm³/mol. The molecule has 3 heterocycles. The van der Waals surface area contributed by atoms with Gasteiger partial charge >= 0.3 is 0 Å². The first-order valence-corrected chi connectivity index (χ1v) is 9.17. The Morgan fingerprint density at radius 3 is 2.64 bits per heavy atom. The molecule has 2 fully saturated rings. The number of hydrogen-bond donors (Lipinski definition) is 1. The summed E-state index contributed by atoms with van der Waals surface area (Å²) in [5, 5.41) is 6.83. The third-order valence-electron chi connectivity index (χ3n) is 5.38. The normalized spacial score (nSPS) is 18.8. The molecule has 1 N–H and O–H groups in total. The Balaban J connectivity index is 1.23. The molecule has 0 bridgehead atoms. The summed E-state index contributed by atoms with van der Waals surface area (Å²) in [6.07, 6.45) is 8.91. The van der Waals surface area contributed by atoms with E-state index < -0.39 is 0 Å². The molecule has 2 aromatic heterocycles. The lowest BCUT2D eigenvalue weighted by Crippen LogP contribution is -2.44. The fourth-order valence-electron chi connectivity index (χ4n) is 3.47. The molecule has 1 saturated heterocycles. The molecule has 0 spiro atoms. The quantitative estimate of drug-likeness (QED) is 0.908. The highest BCUT2D eigenvalue weighted by molar-refractivity contribution is 5.79. The maximum Gasteiger partial charge on any atom is 0.225 e. The number of rotatable bonds is 5. The molecule has 1 saturated carbocycles. The molecule has 6 nitrogen and oxygen atoms in total. The first-order valence-electron chi connectivity index (χ1n) is 9.17. The van der Waals surface area contributed by atoms with Crippen molar-refractivity contribution in [3.63, 3.8) is 0 Å². The predicted octanol–water partition coefficient (Wildman–Crippen LogP) is 2.89. The van der Waals surface area contributed by atoms with Gasteiger partial charge in [-0.2, -0.15) is 5.10 Å². The van der Waals surface area contributed by atoms with Gasteiger partial charge in [0.05, 0.1) is 24.2 Å². The monoisotopic (exact) mass is 340 g/mol. The van der Waals surface area contributed by atoms with E-state index in [2.05, 4.69) is 20.1 Å². The van der Waals surface area contributed by atoms with Crippen molar-refractivity contribution >= 4 is 5.91 Å². The molecule has 1 aliphatic heterocycles. The van der Waals surface area contributed by atoms with E-state index in [4.69, 9.17) is 4.74 Å². The number of H-pyrrole nitrogens is 1. The fourth-order valence-corrected chi connectivity index (χ4v) is 3.47. The van der Waals surface area contributed by atoms with Crippen molar-refractivity contribution in [3.8, 4) is 17.1 Å². The summed E-state index contributed by atoms with van der Waals surface area (Å²) in [5.74, 6) is 1.99. The SMILES string of the molecule is O=C(C1CCC1)N1CCC(COc2ccc(-c3ccn[nH]3)nc2)CC1. The van der Waals surface area contributed by atoms with Crippen LogP contribution in [0.3, 0.4) is 0 Å². The van der Waals surface area contributed by atoms with Crippen LogP contribution in [0.1, 0.15) is 32.1 Å². The number of nitrogens with zero attached hydrogens (tertiary/aromatic N) is 3. The lowest BCUT2D eigenvalue weighted by molar-refractivity contribution is -0.139. The van der Waals surface area contributed by atoms with Crippen molar-refractivity contribution in [1.29, 1.82) is 0 Å². The Labute approximate surface area is 147 Å². The molecule has 0 unspecified atom stereocenters. The molecule has 0 radical (unpaired) electrons. The molecular formula is C19H24N4O2. The van der Waals surface area contributed by atoms with Crippen molar-refractivity contribution in [3.05, 3.63) is 30.6 Å². The summed E-state index contributed by atoms with van der Waals surface area (Å²) in [6, 6.07) is 5.77. The number of ether oxygens (including phenoxy) is 1. The van der Waals surface area contributed by atoms with Gasteiger partial charge in [0.25, 0.3) is 0 Å². The molecular weight excluding hydrogens is 316 g/mol. The number of likely N-dealkylation sites (tertiary alicyclic amines) is 1. The van der Waals surface area contributed by atoms with E-state index in [1.165, 1.54) is 6.42 Å². The lowest BCUT2D eigenvalue weighted by atomic mass is 9.83. The highest BCUT2D eigenvalue weighted by atomic mass is 16.5. The average Bonchev–Trinajstić information content (AvgIpc) is 3.14. The van der Waals surface area contributed by atoms with Gasteiger partial charge < -0.3 is 9.64 Å². The van der Waals surface area contributed by atoms with Crippen LogP contribution in [0, 0.1) is 11.8 Å². The van der Waals surface area contributed by atoms with Crippen molar-refractivity contribution in [1.82, 2.24) is 20.1 Å². The van der Waals surface area contributed by atoms with E-state index in [0.29, 0.717) is 24.3 Å². The number of carbonyl (C=O) groups excluding carboxylic acids is 1. The van der Waals surface area contributed by atoms with Gasteiger partial charge in [0, 0.05) is 25.2 Å². The van der Waals surface area contributed by atoms with Crippen LogP contribution in [-0.4, -0.2) is 45.7 Å². The molecule has 2 aliphatic rings. The summed E-state index contributed by atoms with van der Waals surface area (Å²) in [5.41, 5.74) is 1.75. The zero-order chi connectivity index (χ0) is 17.1. The van der Waals surface area contributed by atoms with Crippen LogP contribution in [0.15, 0.2) is 30.6 Å². The van der Waals surface area contributed by atoms with Gasteiger partial charge in [-0.15, -0.1) is 0 Å². The van der Waals surface area contributed by atoms with Crippen LogP contribution in [0.2, 0.25) is 0 Å². The minimum absolute atomic E-state index is 0.312. The van der Waals surface area contributed by atoms with Gasteiger partial charge in [0.2, 0.25) is 5.91 Å². The van der Waals surface area contributed by atoms with Gasteiger partial charge in [-0.1, -0.05) is 6.42 Å². The van der Waals surface area contributed by atoms with E-state index in [9.17, 15) is 4.79 Å². The number of piperidine rings is 1. The molecule has 0 atom stereocenters. The van der Waals surface area contributed by atoms with Gasteiger partial charge in [-0.3, -0.25) is 14.9 Å². The van der Waals surface area contributed by atoms with Gasteiger partial charge in [-0.05, 0) is 49.8 Å². The van der Waals surface area contributed by atoms with Crippen molar-refractivity contribution in [2.45, 2.75) is 32.1 Å². The zero-order valence-electron chi connectivity index (χ0n) is 14.4. The van der Waals surface area contributed by atoms with Crippen LogP contribution in [0.5, 0.6) is 5.75 Å². The number of nitrogens with one attached hydrogen (secondary N) is 1. The van der Waals surface area contributed by atoms with Crippen LogP contribution < -0.4 is 4.74 Å². The van der Waals surface area contributed by atoms with E-state index in [1.807, 2.05) is 18.2 Å². The topological polar surface area (TPSA) is 71.1 Å². The Kier molecular flexibility index (Phi) is 4.68. The van der Waals surface area contributed by atoms with Gasteiger partial charge in [0.15, 0.2) is 0 Å². The number of aromatic nitrogens is 3. The number of amides is 1. The average molecular weight is 340 g/mol. The molecule has 2 aromatic rings. The molecule has 4 rings (SSSR count). The van der Waals surface area contributed by atoms with Crippen molar-refractivity contribution in [2.75, 3.05) is 19.7 Å². The Bertz CT molecular complexity index is 687. The summed E-state index contributed by atoms with van der Waals surface area (Å²) >= 11 is 0. The maximum absolute atomic E-state index is 12.3. The number of carbonyl (C=O) groups is 1. The Morgan fingerprint density at radius 2 is 2.04 bits per heavy atom. The Morgan fingerprint density at radius 1 is 1.20 bits per heavy atom. The van der Waals surface area contributed by atoms with Gasteiger partial charge in [-0.25, -0.2) is 0 Å². The highest BCUT2D eigenvalue weighted by Crippen LogP contribution is 2.30. The van der Waals surface area contributed by atoms with Crippen molar-refractivity contribution < 1.29 is 9.53 Å². The third kappa shape index (κ3) is 3.67. The molecule has 0 aromatic carbocycles. The number of pyridine rings is 1. The van der Waals surface area contributed by atoms with E-state index in [0.717, 1.165) is 55.9 Å². The zero-order valence-corrected chi connectivity index (χ0v) is 14.4. The van der Waals surface area contributed by atoms with Crippen LogP contribution in [-0.2, 0) is 4.79 Å². The van der Waals surface area contributed by atoms with E-state index in [-0.39, 0.29) is 0 Å². The summed E-state index contributed by atoms with van der Waals surface area (Å²) in [6.45, 7) is 2.44. The van der Waals surface area contributed by atoms with Crippen LogP contribution >= 0.6 is 0 Å². The molecule has 1 amide bonds. The third-order valence-corrected chi connectivity index (χ3v) is 5.38. The second-order valence-electron chi connectivity index (χ2n) is 7.06. The highest BCUT2D eigenvalue weighted by Gasteiger charge is 2.31. The summed E-state index contributed by atoms with van der Waals surface area (Å²) < 4.78 is 5.90. The Hall–Kier alpha value is -2.37. The molecule has 25 heavy (non-hydrogen) atoms. The second kappa shape index (κ2) is 7.25. The second-order valence-corrected chi connectivity index (χ2v) is 7.06. The standard InChI is InChI=1S/C19H24N4O2/c24-19(15-2-1-3-15)23-10-7-14(8-11-23)13-25-16-4-5-17(20-12-16)18-6-9-21-22-18/h4-6,9,12,14-15H,1-3,7-8,10-11,13H2,(H,21,22). The number of aromatic amines is 1. The molecule has 1 aliphatic carbocycles. The first-order chi connectivity index (χ1) is 12.3. The van der Waals surface area contributed by atoms with Crippen LogP contribution in [0.4, 0.5) is 0 Å². The minimum atomic E-state index is 0.312. The summed E-state index contributed by atoms with van der Waals surface area (Å²) in [4.78, 5) is 18.7. The van der Waals surface area contributed by atoms with E-state index >= 15 is 0 Å².